The van der Waals surface area contributed by atoms with Crippen LogP contribution in [-0.2, 0) is 19.9 Å². The van der Waals surface area contributed by atoms with Gasteiger partial charge in [0.25, 0.3) is 5.56 Å². The van der Waals surface area contributed by atoms with E-state index in [9.17, 15) is 14.7 Å². The fourth-order valence-corrected chi connectivity index (χ4v) is 6.54. The highest BCUT2D eigenvalue weighted by molar-refractivity contribution is 14.1. The molecule has 3 N–H and O–H groups in total. The number of nitrogens with zero attached hydrogens (tertiary/aromatic N) is 3. The Kier molecular flexibility index (Phi) is 9.83. The minimum atomic E-state index is -1.10. The van der Waals surface area contributed by atoms with Crippen LogP contribution < -0.4 is 20.3 Å². The van der Waals surface area contributed by atoms with Crippen LogP contribution in [0, 0.1) is 9.62 Å². The number of hydrogen-bond donors (Lipinski definition) is 3. The van der Waals surface area contributed by atoms with Crippen LogP contribution in [0.15, 0.2) is 83.7 Å². The molecule has 0 unspecified atom stereocenters. The first-order valence-corrected chi connectivity index (χ1v) is 16.5. The van der Waals surface area contributed by atoms with Crippen LogP contribution in [0.3, 0.4) is 0 Å². The molecule has 13 heteroatoms. The van der Waals surface area contributed by atoms with Gasteiger partial charge in [-0.25, -0.2) is 4.68 Å². The van der Waals surface area contributed by atoms with E-state index < -0.39 is 29.6 Å². The van der Waals surface area contributed by atoms with Crippen molar-refractivity contribution in [2.24, 2.45) is 5.92 Å². The second-order valence-corrected chi connectivity index (χ2v) is 12.8. The second-order valence-electron chi connectivity index (χ2n) is 11.7. The van der Waals surface area contributed by atoms with Gasteiger partial charge in [-0.1, -0.05) is 68.4 Å². The zero-order chi connectivity index (χ0) is 34.0. The van der Waals surface area contributed by atoms with E-state index in [0.717, 1.165) is 16.7 Å². The normalized spacial score (nSPS) is 17.9. The van der Waals surface area contributed by atoms with Crippen molar-refractivity contribution in [1.29, 1.82) is 0 Å². The molecule has 3 heterocycles. The summed E-state index contributed by atoms with van der Waals surface area (Å²) in [5.74, 6) is 0.804. The van der Waals surface area contributed by atoms with Gasteiger partial charge < -0.3 is 24.1 Å². The molecule has 5 aromatic rings. The Balaban J connectivity index is 1.35. The molecule has 250 valence electrons. The number of aromatic nitrogens is 4. The van der Waals surface area contributed by atoms with Crippen LogP contribution in [0.5, 0.6) is 11.5 Å². The number of aliphatic hydroxyl groups is 1. The maximum atomic E-state index is 13.0. The van der Waals surface area contributed by atoms with Crippen LogP contribution in [-0.4, -0.2) is 63.8 Å². The van der Waals surface area contributed by atoms with E-state index in [4.69, 9.17) is 18.9 Å². The lowest BCUT2D eigenvalue weighted by Gasteiger charge is -2.37. The summed E-state index contributed by atoms with van der Waals surface area (Å²) in [7, 11) is 3.24. The average Bonchev–Trinajstić information content (AvgIpc) is 3.64. The van der Waals surface area contributed by atoms with E-state index in [0.29, 0.717) is 15.2 Å². The largest absolute Gasteiger partial charge is 0.497 e. The van der Waals surface area contributed by atoms with Crippen LogP contribution in [0.25, 0.3) is 11.0 Å². The van der Waals surface area contributed by atoms with E-state index in [1.165, 1.54) is 4.68 Å². The zero-order valence-electron chi connectivity index (χ0n) is 26.8. The molecule has 1 aliphatic heterocycles. The van der Waals surface area contributed by atoms with Crippen molar-refractivity contribution in [1.82, 2.24) is 19.7 Å². The first kappa shape index (κ1) is 33.6. The van der Waals surface area contributed by atoms with Crippen molar-refractivity contribution in [2.45, 2.75) is 44.3 Å². The lowest BCUT2D eigenvalue weighted by atomic mass is 9.80. The summed E-state index contributed by atoms with van der Waals surface area (Å²) >= 11 is 1.97. The first-order valence-electron chi connectivity index (χ1n) is 15.5. The smallest absolute Gasteiger partial charge is 0.264 e. The fourth-order valence-electron chi connectivity index (χ4n) is 5.82. The number of methoxy groups -OCH3 is 2. The van der Waals surface area contributed by atoms with Crippen molar-refractivity contribution in [3.05, 3.63) is 110 Å². The number of benzene rings is 3. The van der Waals surface area contributed by atoms with Crippen LogP contribution in [0.2, 0.25) is 0 Å². The zero-order valence-corrected chi connectivity index (χ0v) is 29.0. The molecule has 1 fully saturated rings. The predicted molar refractivity (Wildman–Crippen MR) is 187 cm³/mol. The number of ether oxygens (including phenoxy) is 4. The molecule has 2 aromatic heterocycles. The number of aliphatic hydroxyl groups excluding tert-OH is 1. The SMILES string of the molecule is COc1ccc(C(OC[C@H]2O[C@@H](n3nc(I)c4c(=O)[nH]c(NC(=O)C(C)C)nc43)C[C@@H]2O)(c2ccccc2)c2ccc(OC)cc2)cc1. The van der Waals surface area contributed by atoms with Gasteiger partial charge in [-0.15, -0.1) is 0 Å². The van der Waals surface area contributed by atoms with E-state index in [-0.39, 0.29) is 41.8 Å². The number of hydrogen-bond acceptors (Lipinski definition) is 9. The molecule has 0 spiro atoms. The topological polar surface area (TPSA) is 150 Å². The van der Waals surface area contributed by atoms with Gasteiger partial charge in [-0.3, -0.25) is 19.9 Å². The Hall–Kier alpha value is -4.31. The highest BCUT2D eigenvalue weighted by atomic mass is 127. The van der Waals surface area contributed by atoms with Gasteiger partial charge in [0.2, 0.25) is 11.9 Å². The number of rotatable bonds is 11. The highest BCUT2D eigenvalue weighted by Gasteiger charge is 2.42. The molecule has 3 atom stereocenters. The number of carbonyl (C=O) groups is 1. The fraction of sp³-hybridized carbons (Fsp3) is 0.314. The third kappa shape index (κ3) is 6.42. The minimum Gasteiger partial charge on any atom is -0.497 e. The molecule has 1 aliphatic rings. The van der Waals surface area contributed by atoms with Gasteiger partial charge >= 0.3 is 0 Å². The molecular weight excluding hydrogens is 729 g/mol. The van der Waals surface area contributed by atoms with Gasteiger partial charge in [0, 0.05) is 12.3 Å². The highest BCUT2D eigenvalue weighted by Crippen LogP contribution is 2.43. The van der Waals surface area contributed by atoms with Gasteiger partial charge in [-0.2, -0.15) is 10.1 Å². The molecule has 1 amide bonds. The molecule has 6 rings (SSSR count). The summed E-state index contributed by atoms with van der Waals surface area (Å²) in [6.45, 7) is 3.49. The van der Waals surface area contributed by atoms with Crippen LogP contribution in [0.4, 0.5) is 5.95 Å². The molecule has 0 aliphatic carbocycles. The van der Waals surface area contributed by atoms with Crippen molar-refractivity contribution < 1.29 is 28.8 Å². The number of anilines is 1. The lowest BCUT2D eigenvalue weighted by molar-refractivity contribution is -0.118. The maximum absolute atomic E-state index is 13.0. The Morgan fingerprint density at radius 1 is 1.02 bits per heavy atom. The van der Waals surface area contributed by atoms with E-state index in [1.807, 2.05) is 101 Å². The Bertz CT molecular complexity index is 1900. The average molecular weight is 766 g/mol. The van der Waals surface area contributed by atoms with Gasteiger partial charge in [-0.05, 0) is 63.5 Å². The summed E-state index contributed by atoms with van der Waals surface area (Å²) in [4.78, 5) is 32.4. The van der Waals surface area contributed by atoms with Gasteiger partial charge in [0.05, 0.1) is 26.9 Å². The molecule has 3 aromatic carbocycles. The summed E-state index contributed by atoms with van der Waals surface area (Å²) in [5, 5.41) is 18.8. The maximum Gasteiger partial charge on any atom is 0.264 e. The molecule has 48 heavy (non-hydrogen) atoms. The number of aromatic amines is 1. The number of H-pyrrole nitrogens is 1. The van der Waals surface area contributed by atoms with Crippen molar-refractivity contribution in [2.75, 3.05) is 26.1 Å². The Morgan fingerprint density at radius 2 is 1.60 bits per heavy atom. The summed E-state index contributed by atoms with van der Waals surface area (Å²) in [5.41, 5.74) is 1.24. The number of nitrogens with one attached hydrogen (secondary N) is 2. The standard InChI is InChI=1S/C35H36IN5O7/c1-20(2)32(43)38-34-37-31-29(33(44)39-34)30(36)40-41(31)28-18-26(42)27(48-28)19-47-35(21-8-6-5-7-9-21,22-10-14-24(45-3)15-11-22)23-12-16-25(46-4)17-13-23/h5-17,20,26-28,42H,18-19H2,1-4H3,(H2,37,38,39,43,44)/t26-,27+,28+/m0/s1. The van der Waals surface area contributed by atoms with Crippen molar-refractivity contribution >= 4 is 45.5 Å². The molecule has 12 nitrogen and oxygen atoms in total. The van der Waals surface area contributed by atoms with Crippen LogP contribution in [0.1, 0.15) is 43.2 Å². The Morgan fingerprint density at radius 3 is 2.17 bits per heavy atom. The van der Waals surface area contributed by atoms with E-state index in [2.05, 4.69) is 20.4 Å². The van der Waals surface area contributed by atoms with E-state index in [1.54, 1.807) is 28.1 Å². The molecule has 0 bridgehead atoms. The minimum absolute atomic E-state index is 0.00458. The molecule has 0 radical (unpaired) electrons. The molecule has 0 saturated carbocycles. The van der Waals surface area contributed by atoms with Gasteiger partial charge in [0.1, 0.15) is 32.3 Å². The molecular formula is C35H36IN5O7. The third-order valence-electron chi connectivity index (χ3n) is 8.40. The van der Waals surface area contributed by atoms with Crippen molar-refractivity contribution in [3.8, 4) is 11.5 Å². The number of fused-ring (bicyclic) bond motifs is 1. The Labute approximate surface area is 290 Å². The van der Waals surface area contributed by atoms with Crippen LogP contribution >= 0.6 is 22.6 Å². The third-order valence-corrected chi connectivity index (χ3v) is 9.15. The molecule has 1 saturated heterocycles. The number of carbonyl (C=O) groups excluding carboxylic acids is 1. The summed E-state index contributed by atoms with van der Waals surface area (Å²) in [6, 6.07) is 25.2. The lowest BCUT2D eigenvalue weighted by Crippen LogP contribution is -2.38. The summed E-state index contributed by atoms with van der Waals surface area (Å²) < 4.78 is 26.1. The summed E-state index contributed by atoms with van der Waals surface area (Å²) in [6.07, 6.45) is -2.26. The van der Waals surface area contributed by atoms with Crippen molar-refractivity contribution in [3.63, 3.8) is 0 Å². The number of halogens is 1. The second kappa shape index (κ2) is 14.0. The predicted octanol–water partition coefficient (Wildman–Crippen LogP) is 4.99. The first-order chi connectivity index (χ1) is 23.1. The number of amides is 1. The quantitative estimate of drug-likeness (QED) is 0.125. The van der Waals surface area contributed by atoms with E-state index >= 15 is 0 Å². The van der Waals surface area contributed by atoms with Gasteiger partial charge in [0.15, 0.2) is 11.9 Å². The monoisotopic (exact) mass is 765 g/mol.